The molecule has 0 amide bonds. The van der Waals surface area contributed by atoms with Crippen LogP contribution in [0.15, 0.2) is 370 Å². The summed E-state index contributed by atoms with van der Waals surface area (Å²) in [5.41, 5.74) is 31.2. The first-order valence-electron chi connectivity index (χ1n) is 48.6. The fourth-order valence-electron chi connectivity index (χ4n) is 19.7. The third kappa shape index (κ3) is 14.3. The van der Waals surface area contributed by atoms with Crippen LogP contribution in [0, 0.1) is 69.0 Å². The Morgan fingerprint density at radius 1 is 0.208 bits per heavy atom. The Morgan fingerprint density at radius 3 is 1.08 bits per heavy atom. The van der Waals surface area contributed by atoms with Gasteiger partial charge < -0.3 is 17.7 Å². The molecule has 130 heavy (non-hydrogen) atoms. The van der Waals surface area contributed by atoms with E-state index in [4.69, 9.17) is 30.0 Å². The Kier molecular flexibility index (Phi) is 18.1. The second-order valence-electron chi connectivity index (χ2n) is 34.7. The molecule has 628 valence electrons. The minimum Gasteiger partial charge on any atom is -0.455 e. The third-order valence-corrected chi connectivity index (χ3v) is 26.2. The van der Waals surface area contributed by atoms with Crippen LogP contribution in [0.25, 0.3) is 220 Å². The maximum absolute atomic E-state index is 8.37. The minimum atomic E-state index is -2.36. The van der Waals surface area contributed by atoms with Crippen molar-refractivity contribution < 1.29 is 48.3 Å². The van der Waals surface area contributed by atoms with Gasteiger partial charge in [-0.3, -0.25) is 0 Å². The van der Waals surface area contributed by atoms with E-state index in [1.54, 1.807) is 23.0 Å². The highest BCUT2D eigenvalue weighted by molar-refractivity contribution is 6.22. The lowest BCUT2D eigenvalue weighted by Gasteiger charge is -2.11. The van der Waals surface area contributed by atoms with Crippen LogP contribution in [0.1, 0.15) is 68.0 Å². The molecule has 0 unspecified atom stereocenters. The summed E-state index contributed by atoms with van der Waals surface area (Å²) in [5.74, 6) is 0. The van der Waals surface area contributed by atoms with Crippen molar-refractivity contribution in [1.29, 1.82) is 0 Å². The molecule has 8 heteroatoms. The number of fused-ring (bicyclic) bond motifs is 20. The average molecular weight is 1700 g/mol. The van der Waals surface area contributed by atoms with E-state index in [9.17, 15) is 0 Å². The number of nitrogens with zero attached hydrogens (tertiary/aromatic N) is 4. The van der Waals surface area contributed by atoms with Gasteiger partial charge in [-0.1, -0.05) is 249 Å². The lowest BCUT2D eigenvalue weighted by atomic mass is 9.93. The molecule has 16 aromatic carbocycles. The van der Waals surface area contributed by atoms with Gasteiger partial charge in [0.1, 0.15) is 72.9 Å². The fourth-order valence-corrected chi connectivity index (χ4v) is 19.7. The van der Waals surface area contributed by atoms with Crippen molar-refractivity contribution in [2.45, 2.75) is 69.0 Å². The zero-order valence-electron chi connectivity index (χ0n) is 83.4. The molecule has 0 aliphatic heterocycles. The highest BCUT2D eigenvalue weighted by Crippen LogP contribution is 2.47. The Morgan fingerprint density at radius 2 is 0.577 bits per heavy atom. The molecule has 0 radical (unpaired) electrons. The number of aryl methyl sites for hydroxylation is 14. The predicted octanol–water partition coefficient (Wildman–Crippen LogP) is 30.7. The molecule has 0 aliphatic rings. The Labute approximate surface area is 769 Å². The van der Waals surface area contributed by atoms with Crippen molar-refractivity contribution in [3.05, 3.63) is 408 Å². The Balaban J connectivity index is 0.000000111. The number of rotatable bonds is 8. The largest absolute Gasteiger partial charge is 0.455 e. The number of aromatic nitrogens is 4. The first kappa shape index (κ1) is 71.5. The predicted molar refractivity (Wildman–Crippen MR) is 540 cm³/mol. The van der Waals surface area contributed by atoms with Crippen LogP contribution in [-0.4, -0.2) is 0 Å². The molecule has 0 atom stereocenters. The van der Waals surface area contributed by atoms with Crippen LogP contribution in [-0.2, 0) is 28.2 Å². The van der Waals surface area contributed by atoms with Gasteiger partial charge >= 0.3 is 0 Å². The first-order valence-corrected chi connectivity index (χ1v) is 44.1. The van der Waals surface area contributed by atoms with Gasteiger partial charge in [-0.2, -0.15) is 0 Å². The summed E-state index contributed by atoms with van der Waals surface area (Å²) < 4.78 is 109. The normalized spacial score (nSPS) is 12.9. The van der Waals surface area contributed by atoms with Gasteiger partial charge in [0.15, 0.2) is 24.8 Å². The molecule has 24 aromatic rings. The zero-order valence-corrected chi connectivity index (χ0v) is 74.4. The molecule has 0 fully saturated rings. The maximum atomic E-state index is 8.37. The maximum Gasteiger partial charge on any atom is 0.216 e. The van der Waals surface area contributed by atoms with Crippen molar-refractivity contribution in [3.63, 3.8) is 0 Å². The van der Waals surface area contributed by atoms with Crippen LogP contribution in [0.3, 0.4) is 0 Å². The monoisotopic (exact) mass is 1690 g/mol. The van der Waals surface area contributed by atoms with E-state index < -0.39 is 20.6 Å². The van der Waals surface area contributed by atoms with Crippen LogP contribution in [0.2, 0.25) is 0 Å². The van der Waals surface area contributed by atoms with E-state index in [-0.39, 0.29) is 11.1 Å². The quantitative estimate of drug-likeness (QED) is 0.142. The Hall–Kier alpha value is -15.6. The molecule has 8 heterocycles. The minimum absolute atomic E-state index is 0.238. The molecular formula is C122H100N4O4+4. The lowest BCUT2D eigenvalue weighted by molar-refractivity contribution is -0.660. The summed E-state index contributed by atoms with van der Waals surface area (Å²) in [5, 5.41) is 17.1. The average Bonchev–Trinajstić information content (AvgIpc) is 1.58. The standard InChI is InChI=1S/C32H28NO.C31H26NO.C30H24NO.C29H22NO/c1-19-16-27-29-20(2)15-21(3)30(32(29)34-31(27)25-14-10-9-13-24(19)25)28-17-26(22(4)18-33(28)5)23-11-7-6-8-12-23;1-19-14-15-25-27-16-20(2)23-12-8-9-13-24(23)30(27)33-31(25)29(19)28-17-26(21(3)18-32(28)4)22-10-6-5-7-11-22;1-19-15-27-24-14-13-22-11-7-8-12-23(22)30(24)32-29(27)17-26(19)28-16-25(20(2)18-31(28)3)21-9-5-4-6-10-21;1-19-16-26-24-13-12-21-10-6-7-11-23(21)29(24)31-28(26)18-25(19)27-17-22(14-15-30(27)2)20-8-4-3-5-9-20/h6-18H,1-5H3;5-18H,1-4H3;4-18H,1-3H3;3-18H,1-2H3/q4*+1/i2D3,4D3;3D3;;. The first-order chi connectivity index (χ1) is 66.9. The van der Waals surface area contributed by atoms with Gasteiger partial charge in [0.25, 0.3) is 0 Å². The summed E-state index contributed by atoms with van der Waals surface area (Å²) in [6.45, 7) is 7.73. The van der Waals surface area contributed by atoms with Gasteiger partial charge in [0.2, 0.25) is 22.8 Å². The molecule has 0 aliphatic carbocycles. The second kappa shape index (κ2) is 33.0. The summed E-state index contributed by atoms with van der Waals surface area (Å²) in [6.07, 6.45) is 7.74. The number of benzene rings is 16. The van der Waals surface area contributed by atoms with Gasteiger partial charge in [-0.15, -0.1) is 0 Å². The number of hydrogen-bond donors (Lipinski definition) is 0. The van der Waals surface area contributed by atoms with Gasteiger partial charge in [0.05, 0.1) is 22.3 Å². The molecule has 0 saturated carbocycles. The number of pyridine rings is 4. The summed E-state index contributed by atoms with van der Waals surface area (Å²) in [4.78, 5) is 0. The molecule has 8 aromatic heterocycles. The SMILES string of the molecule is Cc1c[n+](C)c(-c2cc3oc4c5ccccc5ccc4c3cc2C)cc1-c1ccccc1.Cc1cc2c(cc1-c1cc(-c3ccccc3)cc[n+]1C)oc1c3ccccc3ccc21.[2H]C([2H])([2H])c1c[n+](C)c(-c2c(C)cc(C([2H])([2H])[2H])c3c2oc2c4ccccc4c(C)cc23)cc1-c1ccccc1.[2H]C([2H])([2H])c1c[n+](C)c(-c2c(C)ccc3c2oc2c4ccccc4c(C)cc32)cc1-c1ccccc1. The molecule has 0 saturated heterocycles. The van der Waals surface area contributed by atoms with Crippen LogP contribution >= 0.6 is 0 Å². The van der Waals surface area contributed by atoms with Crippen molar-refractivity contribution in [2.75, 3.05) is 0 Å². The molecule has 0 N–H and O–H groups in total. The van der Waals surface area contributed by atoms with E-state index in [1.807, 2.05) is 142 Å². The smallest absolute Gasteiger partial charge is 0.216 e. The summed E-state index contributed by atoms with van der Waals surface area (Å²) >= 11 is 0. The number of hydrogen-bond acceptors (Lipinski definition) is 4. The van der Waals surface area contributed by atoms with E-state index in [0.717, 1.165) is 127 Å². The highest BCUT2D eigenvalue weighted by Gasteiger charge is 2.29. The highest BCUT2D eigenvalue weighted by atomic mass is 16.3. The Bertz CT molecular complexity index is 9090. The molecule has 0 bridgehead atoms. The van der Waals surface area contributed by atoms with Crippen molar-refractivity contribution in [3.8, 4) is 89.5 Å². The molecular weight excluding hydrogens is 1590 g/mol. The summed E-state index contributed by atoms with van der Waals surface area (Å²) in [7, 11) is 7.93. The molecule has 0 spiro atoms. The fraction of sp³-hybridized carbons (Fsp3) is 0.115. The zero-order chi connectivity index (χ0) is 96.5. The molecule has 24 rings (SSSR count). The summed E-state index contributed by atoms with van der Waals surface area (Å²) in [6, 6.07) is 112. The van der Waals surface area contributed by atoms with Crippen molar-refractivity contribution in [2.24, 2.45) is 28.2 Å². The van der Waals surface area contributed by atoms with E-state index in [2.05, 4.69) is 283 Å². The van der Waals surface area contributed by atoms with Crippen LogP contribution in [0.4, 0.5) is 0 Å². The van der Waals surface area contributed by atoms with E-state index >= 15 is 0 Å². The van der Waals surface area contributed by atoms with Crippen LogP contribution < -0.4 is 18.3 Å². The van der Waals surface area contributed by atoms with Crippen molar-refractivity contribution >= 4 is 131 Å². The lowest BCUT2D eigenvalue weighted by Crippen LogP contribution is -2.31. The van der Waals surface area contributed by atoms with Crippen LogP contribution in [0.5, 0.6) is 0 Å². The van der Waals surface area contributed by atoms with Gasteiger partial charge in [-0.25, -0.2) is 18.3 Å². The van der Waals surface area contributed by atoms with Crippen molar-refractivity contribution in [1.82, 2.24) is 0 Å². The van der Waals surface area contributed by atoms with Gasteiger partial charge in [-0.05, 0) is 223 Å². The molecule has 8 nitrogen and oxygen atoms in total. The third-order valence-electron chi connectivity index (χ3n) is 26.2. The number of furan rings is 4. The topological polar surface area (TPSA) is 68.1 Å². The van der Waals surface area contributed by atoms with Gasteiger partial charge in [0, 0.05) is 124 Å². The van der Waals surface area contributed by atoms with E-state index in [0.29, 0.717) is 33.2 Å². The van der Waals surface area contributed by atoms with E-state index in [1.165, 1.54) is 105 Å². The second-order valence-corrected chi connectivity index (χ2v) is 34.7.